The average molecular weight is 256 g/mol. The maximum Gasteiger partial charge on any atom is 0.264 e. The lowest BCUT2D eigenvalue weighted by Gasteiger charge is -2.21. The number of likely N-dealkylation sites (tertiary alicyclic amines) is 1. The number of nitrogens with zero attached hydrogens (tertiary/aromatic N) is 1. The highest BCUT2D eigenvalue weighted by atomic mass is 32.1. The van der Waals surface area contributed by atoms with Gasteiger partial charge in [-0.05, 0) is 18.9 Å². The quantitative estimate of drug-likeness (QED) is 0.779. The minimum atomic E-state index is -0.446. The van der Waals surface area contributed by atoms with Crippen LogP contribution in [0.3, 0.4) is 0 Å². The molecule has 4 nitrogen and oxygen atoms in total. The fourth-order valence-electron chi connectivity index (χ4n) is 1.89. The van der Waals surface area contributed by atoms with E-state index in [9.17, 15) is 9.59 Å². The minimum Gasteiger partial charge on any atom is -0.368 e. The fraction of sp³-hybridized carbons (Fsp3) is 0.400. The number of hydrogen-bond acceptors (Lipinski definition) is 4. The molecule has 86 valence electrons. The second-order valence-electron chi connectivity index (χ2n) is 3.73. The number of carbonyl (C=O) groups is 2. The third-order valence-corrected chi connectivity index (χ3v) is 3.99. The molecular weight excluding hydrogens is 244 g/mol. The summed E-state index contributed by atoms with van der Waals surface area (Å²) in [4.78, 5) is 26.2. The number of carbonyl (C=O) groups excluding carboxylic acids is 2. The topological polar surface area (TPSA) is 63.4 Å². The maximum atomic E-state index is 12.1. The van der Waals surface area contributed by atoms with E-state index in [1.54, 1.807) is 16.3 Å². The summed E-state index contributed by atoms with van der Waals surface area (Å²) >= 11 is 5.49. The molecule has 1 saturated heterocycles. The zero-order chi connectivity index (χ0) is 11.7. The Balaban J connectivity index is 2.18. The number of hydrogen-bond donors (Lipinski definition) is 2. The Morgan fingerprint density at radius 1 is 1.56 bits per heavy atom. The summed E-state index contributed by atoms with van der Waals surface area (Å²) in [5.74, 6) is -0.542. The second kappa shape index (κ2) is 4.47. The molecule has 16 heavy (non-hydrogen) atoms. The van der Waals surface area contributed by atoms with Crippen LogP contribution in [-0.4, -0.2) is 29.3 Å². The average Bonchev–Trinajstić information content (AvgIpc) is 2.84. The van der Waals surface area contributed by atoms with Crippen LogP contribution in [0.1, 0.15) is 22.5 Å². The molecule has 1 aliphatic heterocycles. The molecule has 0 spiro atoms. The van der Waals surface area contributed by atoms with Crippen molar-refractivity contribution in [3.63, 3.8) is 0 Å². The summed E-state index contributed by atoms with van der Waals surface area (Å²) in [6, 6.07) is 1.27. The monoisotopic (exact) mass is 256 g/mol. The lowest BCUT2D eigenvalue weighted by Crippen LogP contribution is -2.43. The Labute approximate surface area is 103 Å². The van der Waals surface area contributed by atoms with Crippen LogP contribution in [0.2, 0.25) is 0 Å². The van der Waals surface area contributed by atoms with Gasteiger partial charge in [-0.25, -0.2) is 0 Å². The van der Waals surface area contributed by atoms with Crippen molar-refractivity contribution in [2.45, 2.75) is 23.8 Å². The summed E-state index contributed by atoms with van der Waals surface area (Å²) in [7, 11) is 0. The molecule has 1 aromatic heterocycles. The summed E-state index contributed by atoms with van der Waals surface area (Å²) in [6.45, 7) is 0.603. The number of nitrogens with two attached hydrogens (primary N) is 1. The molecule has 1 unspecified atom stereocenters. The third-order valence-electron chi connectivity index (χ3n) is 2.64. The second-order valence-corrected chi connectivity index (χ2v) is 5.16. The predicted octanol–water partition coefficient (Wildman–Crippen LogP) is 1.13. The Hall–Kier alpha value is -1.01. The van der Waals surface area contributed by atoms with Crippen molar-refractivity contribution >= 4 is 35.8 Å². The third kappa shape index (κ3) is 2.08. The molecule has 1 fully saturated rings. The molecule has 0 aromatic carbocycles. The molecule has 0 aliphatic carbocycles. The molecule has 0 saturated carbocycles. The first-order chi connectivity index (χ1) is 7.59. The first kappa shape index (κ1) is 11.5. The SMILES string of the molecule is NC(=O)C1CCCN1C(=O)c1cc(S)cs1. The van der Waals surface area contributed by atoms with E-state index in [4.69, 9.17) is 5.73 Å². The minimum absolute atomic E-state index is 0.119. The Bertz CT molecular complexity index is 430. The van der Waals surface area contributed by atoms with Crippen LogP contribution < -0.4 is 5.73 Å². The van der Waals surface area contributed by atoms with Crippen LogP contribution in [-0.2, 0) is 4.79 Å². The van der Waals surface area contributed by atoms with Crippen LogP contribution in [0.15, 0.2) is 16.3 Å². The Morgan fingerprint density at radius 2 is 2.31 bits per heavy atom. The fourth-order valence-corrected chi connectivity index (χ4v) is 2.99. The normalized spacial score (nSPS) is 20.1. The van der Waals surface area contributed by atoms with E-state index in [-0.39, 0.29) is 5.91 Å². The van der Waals surface area contributed by atoms with E-state index in [0.717, 1.165) is 11.3 Å². The molecular formula is C10H12N2O2S2. The maximum absolute atomic E-state index is 12.1. The summed E-state index contributed by atoms with van der Waals surface area (Å²) in [5, 5.41) is 1.80. The van der Waals surface area contributed by atoms with Crippen LogP contribution in [0.4, 0.5) is 0 Å². The molecule has 1 aromatic rings. The lowest BCUT2D eigenvalue weighted by molar-refractivity contribution is -0.121. The molecule has 2 rings (SSSR count). The highest BCUT2D eigenvalue weighted by Crippen LogP contribution is 2.24. The van der Waals surface area contributed by atoms with E-state index in [1.165, 1.54) is 11.3 Å². The summed E-state index contributed by atoms with van der Waals surface area (Å²) < 4.78 is 0. The van der Waals surface area contributed by atoms with Gasteiger partial charge >= 0.3 is 0 Å². The van der Waals surface area contributed by atoms with E-state index in [1.807, 2.05) is 0 Å². The molecule has 2 heterocycles. The molecule has 0 bridgehead atoms. The van der Waals surface area contributed by atoms with Crippen LogP contribution >= 0.6 is 24.0 Å². The summed E-state index contributed by atoms with van der Waals surface area (Å²) in [6.07, 6.45) is 1.50. The Kier molecular flexibility index (Phi) is 3.20. The standard InChI is InChI=1S/C10H12N2O2S2/c11-9(13)7-2-1-3-12(7)10(14)8-4-6(15)5-16-8/h4-5,7,15H,1-3H2,(H2,11,13). The molecule has 2 amide bonds. The largest absolute Gasteiger partial charge is 0.368 e. The number of thiophene rings is 1. The number of primary amides is 1. The van der Waals surface area contributed by atoms with Gasteiger partial charge in [0.2, 0.25) is 5.91 Å². The zero-order valence-corrected chi connectivity index (χ0v) is 10.3. The van der Waals surface area contributed by atoms with E-state index < -0.39 is 11.9 Å². The van der Waals surface area contributed by atoms with E-state index in [2.05, 4.69) is 12.6 Å². The smallest absolute Gasteiger partial charge is 0.264 e. The van der Waals surface area contributed by atoms with Gasteiger partial charge in [0.05, 0.1) is 4.88 Å². The van der Waals surface area contributed by atoms with Gasteiger partial charge < -0.3 is 10.6 Å². The van der Waals surface area contributed by atoms with Crippen LogP contribution in [0.25, 0.3) is 0 Å². The van der Waals surface area contributed by atoms with Gasteiger partial charge in [-0.2, -0.15) is 0 Å². The van der Waals surface area contributed by atoms with Gasteiger partial charge in [0, 0.05) is 16.8 Å². The van der Waals surface area contributed by atoms with Crippen molar-refractivity contribution in [1.82, 2.24) is 4.90 Å². The van der Waals surface area contributed by atoms with Crippen molar-refractivity contribution < 1.29 is 9.59 Å². The lowest BCUT2D eigenvalue weighted by atomic mass is 10.2. The molecule has 2 N–H and O–H groups in total. The molecule has 6 heteroatoms. The van der Waals surface area contributed by atoms with Gasteiger partial charge in [0.25, 0.3) is 5.91 Å². The van der Waals surface area contributed by atoms with Crippen molar-refractivity contribution in [2.24, 2.45) is 5.73 Å². The Morgan fingerprint density at radius 3 is 2.88 bits per heavy atom. The van der Waals surface area contributed by atoms with E-state index in [0.29, 0.717) is 17.8 Å². The van der Waals surface area contributed by atoms with Gasteiger partial charge in [-0.1, -0.05) is 0 Å². The predicted molar refractivity (Wildman–Crippen MR) is 64.8 cm³/mol. The highest BCUT2D eigenvalue weighted by Gasteiger charge is 2.33. The van der Waals surface area contributed by atoms with Gasteiger partial charge in [0.1, 0.15) is 6.04 Å². The zero-order valence-electron chi connectivity index (χ0n) is 8.55. The first-order valence-electron chi connectivity index (χ1n) is 4.97. The number of rotatable bonds is 2. The van der Waals surface area contributed by atoms with Crippen LogP contribution in [0, 0.1) is 0 Å². The number of amides is 2. The van der Waals surface area contributed by atoms with E-state index >= 15 is 0 Å². The molecule has 1 aliphatic rings. The van der Waals surface area contributed by atoms with Gasteiger partial charge in [-0.15, -0.1) is 24.0 Å². The number of thiol groups is 1. The van der Waals surface area contributed by atoms with Crippen molar-refractivity contribution in [2.75, 3.05) is 6.54 Å². The van der Waals surface area contributed by atoms with Gasteiger partial charge in [-0.3, -0.25) is 9.59 Å². The first-order valence-corrected chi connectivity index (χ1v) is 6.30. The van der Waals surface area contributed by atoms with Crippen molar-refractivity contribution in [3.05, 3.63) is 16.3 Å². The highest BCUT2D eigenvalue weighted by molar-refractivity contribution is 7.80. The van der Waals surface area contributed by atoms with Gasteiger partial charge in [0.15, 0.2) is 0 Å². The summed E-state index contributed by atoms with van der Waals surface area (Å²) in [5.41, 5.74) is 5.26. The van der Waals surface area contributed by atoms with Crippen molar-refractivity contribution in [1.29, 1.82) is 0 Å². The molecule has 0 radical (unpaired) electrons. The molecule has 1 atom stereocenters. The van der Waals surface area contributed by atoms with Crippen LogP contribution in [0.5, 0.6) is 0 Å². The van der Waals surface area contributed by atoms with Crippen molar-refractivity contribution in [3.8, 4) is 0 Å².